The van der Waals surface area contributed by atoms with Gasteiger partial charge in [0.05, 0.1) is 0 Å². The number of nitrogens with zero attached hydrogens (tertiary/aromatic N) is 2. The third kappa shape index (κ3) is 4.96. The van der Waals surface area contributed by atoms with E-state index in [0.29, 0.717) is 13.1 Å². The summed E-state index contributed by atoms with van der Waals surface area (Å²) in [6.45, 7) is 0.679. The Morgan fingerprint density at radius 1 is 0.839 bits per heavy atom. The van der Waals surface area contributed by atoms with E-state index < -0.39 is 24.1 Å². The Morgan fingerprint density at radius 3 is 1.65 bits per heavy atom. The Morgan fingerprint density at radius 2 is 1.26 bits per heavy atom. The van der Waals surface area contributed by atoms with Gasteiger partial charge in [0.25, 0.3) is 0 Å². The highest BCUT2D eigenvalue weighted by molar-refractivity contribution is 7.91. The van der Waals surface area contributed by atoms with E-state index in [4.69, 9.17) is 3.97 Å². The molecule has 1 saturated carbocycles. The Hall–Kier alpha value is -1.51. The second-order valence-electron chi connectivity index (χ2n) is 7.81. The number of halogens is 3. The monoisotopic (exact) mass is 472 g/mol. The van der Waals surface area contributed by atoms with Crippen molar-refractivity contribution in [3.05, 3.63) is 71.8 Å². The predicted octanol–water partition coefficient (Wildman–Crippen LogP) is 5.41. The lowest BCUT2D eigenvalue weighted by atomic mass is 9.90. The fourth-order valence-electron chi connectivity index (χ4n) is 4.30. The minimum atomic E-state index is -5.73. The predicted molar refractivity (Wildman–Crippen MR) is 113 cm³/mol. The first kappa shape index (κ1) is 22.7. The summed E-state index contributed by atoms with van der Waals surface area (Å²) < 4.78 is 72.4. The zero-order chi connectivity index (χ0) is 22.1. The van der Waals surface area contributed by atoms with Crippen LogP contribution in [0.3, 0.4) is 0 Å². The maximum Gasteiger partial charge on any atom is 0.523 e. The van der Waals surface area contributed by atoms with Crippen molar-refractivity contribution in [3.8, 4) is 0 Å². The number of alkyl halides is 3. The molecule has 0 amide bonds. The normalized spacial score (nSPS) is 23.7. The molecule has 2 aromatic rings. The van der Waals surface area contributed by atoms with Gasteiger partial charge < -0.3 is 0 Å². The molecule has 10 heteroatoms. The second-order valence-corrected chi connectivity index (χ2v) is 11.3. The van der Waals surface area contributed by atoms with Gasteiger partial charge in [0.2, 0.25) is 8.45 Å². The van der Waals surface area contributed by atoms with E-state index in [2.05, 4.69) is 0 Å². The van der Waals surface area contributed by atoms with E-state index in [1.165, 1.54) is 0 Å². The number of hydrogen-bond donors (Lipinski definition) is 0. The van der Waals surface area contributed by atoms with Gasteiger partial charge in [0.15, 0.2) is 0 Å². The zero-order valence-corrected chi connectivity index (χ0v) is 18.5. The fourth-order valence-corrected chi connectivity index (χ4v) is 7.94. The molecule has 0 radical (unpaired) electrons. The van der Waals surface area contributed by atoms with Crippen molar-refractivity contribution in [1.82, 2.24) is 9.34 Å². The van der Waals surface area contributed by atoms with Crippen LogP contribution in [-0.2, 0) is 27.2 Å². The van der Waals surface area contributed by atoms with Crippen molar-refractivity contribution in [1.29, 1.82) is 0 Å². The smallest absolute Gasteiger partial charge is 0.237 e. The molecule has 31 heavy (non-hydrogen) atoms. The van der Waals surface area contributed by atoms with Crippen LogP contribution in [0.2, 0.25) is 0 Å². The molecule has 0 bridgehead atoms. The first-order valence-corrected chi connectivity index (χ1v) is 12.8. The summed E-state index contributed by atoms with van der Waals surface area (Å²) in [6, 6.07) is 18.7. The lowest BCUT2D eigenvalue weighted by Gasteiger charge is -2.31. The summed E-state index contributed by atoms with van der Waals surface area (Å²) in [4.78, 5) is 0. The molecule has 4 rings (SSSR count). The zero-order valence-electron chi connectivity index (χ0n) is 16.8. The summed E-state index contributed by atoms with van der Waals surface area (Å²) >= 11 is 0. The summed E-state index contributed by atoms with van der Waals surface area (Å²) in [5.41, 5.74) is -3.64. The van der Waals surface area contributed by atoms with Gasteiger partial charge in [-0.05, 0) is 24.0 Å². The van der Waals surface area contributed by atoms with Gasteiger partial charge in [0, 0.05) is 25.2 Å². The summed E-state index contributed by atoms with van der Waals surface area (Å²) in [5, 5.41) is 0. The molecule has 0 aromatic heterocycles. The van der Waals surface area contributed by atoms with Crippen molar-refractivity contribution in [2.45, 2.75) is 56.4 Å². The van der Waals surface area contributed by atoms with E-state index in [9.17, 15) is 21.6 Å². The summed E-state index contributed by atoms with van der Waals surface area (Å²) in [7, 11) is -7.89. The second kappa shape index (κ2) is 9.16. The van der Waals surface area contributed by atoms with Gasteiger partial charge in [-0.25, -0.2) is 13.3 Å². The van der Waals surface area contributed by atoms with Gasteiger partial charge in [-0.3, -0.25) is 0 Å². The molecule has 2 fully saturated rings. The van der Waals surface area contributed by atoms with Crippen LogP contribution in [0, 0.1) is 0 Å². The van der Waals surface area contributed by atoms with E-state index in [1.807, 2.05) is 70.0 Å². The van der Waals surface area contributed by atoms with E-state index in [-0.39, 0.29) is 12.1 Å². The Labute approximate surface area is 181 Å². The molecule has 2 aromatic carbocycles. The maximum atomic E-state index is 13.2. The highest BCUT2D eigenvalue weighted by Crippen LogP contribution is 2.60. The van der Waals surface area contributed by atoms with Crippen LogP contribution in [0.25, 0.3) is 0 Å². The van der Waals surface area contributed by atoms with Crippen LogP contribution in [-0.4, -0.2) is 35.4 Å². The largest absolute Gasteiger partial charge is 0.523 e. The van der Waals surface area contributed by atoms with Gasteiger partial charge in [-0.2, -0.15) is 21.6 Å². The average Bonchev–Trinajstić information content (AvgIpc) is 3.01. The number of fused-ring (bicyclic) bond motifs is 1. The maximum absolute atomic E-state index is 13.2. The van der Waals surface area contributed by atoms with Gasteiger partial charge in [-0.1, -0.05) is 73.5 Å². The van der Waals surface area contributed by atoms with Crippen molar-refractivity contribution >= 4 is 18.6 Å². The van der Waals surface area contributed by atoms with Crippen molar-refractivity contribution in [2.75, 3.05) is 0 Å². The summed E-state index contributed by atoms with van der Waals surface area (Å²) in [5.74, 6) is 0. The van der Waals surface area contributed by atoms with Crippen LogP contribution >= 0.6 is 8.45 Å². The molecule has 0 N–H and O–H groups in total. The average molecular weight is 472 g/mol. The van der Waals surface area contributed by atoms with Crippen molar-refractivity contribution in [2.24, 2.45) is 0 Å². The van der Waals surface area contributed by atoms with Crippen LogP contribution in [0.4, 0.5) is 13.2 Å². The fraction of sp³-hybridized carbons (Fsp3) is 0.429. The first-order chi connectivity index (χ1) is 14.8. The Bertz CT molecular complexity index is 919. The topological polar surface area (TPSA) is 49.9 Å². The van der Waals surface area contributed by atoms with Gasteiger partial charge in [-0.15, -0.1) is 0 Å². The Balaban J connectivity index is 1.71. The van der Waals surface area contributed by atoms with Gasteiger partial charge in [0.1, 0.15) is 0 Å². The lowest BCUT2D eigenvalue weighted by molar-refractivity contribution is -0.0500. The molecular formula is C21H24F3N2O3PS. The van der Waals surface area contributed by atoms with Crippen LogP contribution in [0.5, 0.6) is 0 Å². The molecule has 1 aliphatic heterocycles. The third-order valence-electron chi connectivity index (χ3n) is 5.72. The van der Waals surface area contributed by atoms with E-state index in [1.54, 1.807) is 0 Å². The Kier molecular flexibility index (Phi) is 6.70. The molecular weight excluding hydrogens is 448 g/mol. The number of hydrogen-bond acceptors (Lipinski definition) is 5. The minimum absolute atomic E-state index is 0.0489. The molecule has 0 unspecified atom stereocenters. The van der Waals surface area contributed by atoms with Crippen molar-refractivity contribution in [3.63, 3.8) is 0 Å². The van der Waals surface area contributed by atoms with Crippen LogP contribution in [0.15, 0.2) is 60.7 Å². The SMILES string of the molecule is O=S(=O)(OP1N(Cc2ccccc2)[C@@H]2CCCC[C@H]2N1Cc1ccccc1)C(F)(F)F. The highest BCUT2D eigenvalue weighted by atomic mass is 32.2. The molecule has 168 valence electrons. The van der Waals surface area contributed by atoms with Crippen LogP contribution < -0.4 is 0 Å². The highest BCUT2D eigenvalue weighted by Gasteiger charge is 2.55. The standard InChI is InChI=1S/C21H24F3N2O3PS/c22-21(23,24)31(27,28)29-30-25(15-17-9-3-1-4-10-17)19-13-7-8-14-20(19)26(30)16-18-11-5-2-6-12-18/h1-6,9-12,19-20H,7-8,13-16H2/t19-,20-/m1/s1. The lowest BCUT2D eigenvalue weighted by Crippen LogP contribution is -2.39. The number of benzene rings is 2. The quantitative estimate of drug-likeness (QED) is 0.416. The molecule has 1 heterocycles. The van der Waals surface area contributed by atoms with E-state index >= 15 is 0 Å². The summed E-state index contributed by atoms with van der Waals surface area (Å²) in [6.07, 6.45) is 3.52. The molecule has 1 aliphatic carbocycles. The first-order valence-electron chi connectivity index (χ1n) is 10.2. The number of rotatable bonds is 6. The molecule has 5 nitrogen and oxygen atoms in total. The molecule has 0 spiro atoms. The van der Waals surface area contributed by atoms with E-state index in [0.717, 1.165) is 36.8 Å². The molecule has 2 aliphatic rings. The molecule has 1 saturated heterocycles. The van der Waals surface area contributed by atoms with Crippen molar-refractivity contribution < 1.29 is 25.6 Å². The minimum Gasteiger partial charge on any atom is -0.237 e. The third-order valence-corrected chi connectivity index (χ3v) is 9.36. The molecule has 2 atom stereocenters. The van der Waals surface area contributed by atoms with Gasteiger partial charge >= 0.3 is 15.6 Å². The van der Waals surface area contributed by atoms with Crippen LogP contribution in [0.1, 0.15) is 36.8 Å².